The molecule has 7 nitrogen and oxygen atoms in total. The molecule has 20 heavy (non-hydrogen) atoms. The smallest absolute Gasteiger partial charge is 0.325 e. The van der Waals surface area contributed by atoms with E-state index in [2.05, 4.69) is 17.6 Å². The number of rotatable bonds is 4. The van der Waals surface area contributed by atoms with Crippen molar-refractivity contribution in [3.8, 4) is 0 Å². The SMILES string of the molecule is CC1CCCC(CO)(NC(=O)CN2C(=O)CNC2=O)C1. The molecule has 1 aliphatic carbocycles. The number of carbonyl (C=O) groups excluding carboxylic acids is 3. The first kappa shape index (κ1) is 14.8. The van der Waals surface area contributed by atoms with Gasteiger partial charge in [0.1, 0.15) is 6.54 Å². The van der Waals surface area contributed by atoms with Crippen LogP contribution >= 0.6 is 0 Å². The molecule has 4 amide bonds. The highest BCUT2D eigenvalue weighted by Crippen LogP contribution is 2.31. The zero-order valence-electron chi connectivity index (χ0n) is 11.6. The van der Waals surface area contributed by atoms with Gasteiger partial charge < -0.3 is 15.7 Å². The fourth-order valence-electron chi connectivity index (χ4n) is 3.05. The normalized spacial score (nSPS) is 30.3. The van der Waals surface area contributed by atoms with Crippen LogP contribution in [0.4, 0.5) is 4.79 Å². The maximum Gasteiger partial charge on any atom is 0.325 e. The van der Waals surface area contributed by atoms with Gasteiger partial charge >= 0.3 is 6.03 Å². The van der Waals surface area contributed by atoms with Gasteiger partial charge in [-0.1, -0.05) is 19.8 Å². The van der Waals surface area contributed by atoms with Crippen LogP contribution in [-0.2, 0) is 9.59 Å². The second-order valence-corrected chi connectivity index (χ2v) is 5.83. The van der Waals surface area contributed by atoms with Gasteiger partial charge in [0.25, 0.3) is 5.91 Å². The number of hydrogen-bond donors (Lipinski definition) is 3. The zero-order valence-corrected chi connectivity index (χ0v) is 11.6. The highest BCUT2D eigenvalue weighted by molar-refractivity contribution is 6.04. The summed E-state index contributed by atoms with van der Waals surface area (Å²) in [6.45, 7) is 1.62. The van der Waals surface area contributed by atoms with E-state index >= 15 is 0 Å². The van der Waals surface area contributed by atoms with Crippen molar-refractivity contribution in [1.82, 2.24) is 15.5 Å². The van der Waals surface area contributed by atoms with Crippen LogP contribution in [0.3, 0.4) is 0 Å². The maximum atomic E-state index is 12.0. The minimum atomic E-state index is -0.617. The Labute approximate surface area is 117 Å². The molecule has 2 aliphatic rings. The fraction of sp³-hybridized carbons (Fsp3) is 0.769. The van der Waals surface area contributed by atoms with Crippen molar-refractivity contribution in [2.24, 2.45) is 5.92 Å². The van der Waals surface area contributed by atoms with Gasteiger partial charge in [-0.05, 0) is 18.8 Å². The molecule has 0 radical (unpaired) electrons. The van der Waals surface area contributed by atoms with E-state index in [1.54, 1.807) is 0 Å². The quantitative estimate of drug-likeness (QED) is 0.611. The molecule has 1 saturated heterocycles. The molecule has 1 saturated carbocycles. The molecule has 0 spiro atoms. The molecule has 1 aliphatic heterocycles. The van der Waals surface area contributed by atoms with Crippen LogP contribution < -0.4 is 10.6 Å². The molecule has 0 aromatic heterocycles. The Hall–Kier alpha value is -1.63. The van der Waals surface area contributed by atoms with E-state index in [1.165, 1.54) is 0 Å². The molecule has 2 unspecified atom stereocenters. The van der Waals surface area contributed by atoms with Crippen molar-refractivity contribution in [2.75, 3.05) is 19.7 Å². The summed E-state index contributed by atoms with van der Waals surface area (Å²) in [5.74, 6) is -0.369. The Bertz CT molecular complexity index is 410. The third-order valence-corrected chi connectivity index (χ3v) is 4.04. The minimum Gasteiger partial charge on any atom is -0.394 e. The van der Waals surface area contributed by atoms with Gasteiger partial charge in [0.15, 0.2) is 0 Å². The van der Waals surface area contributed by atoms with Crippen molar-refractivity contribution in [2.45, 2.75) is 38.1 Å². The standard InChI is InChI=1S/C13H21N3O4/c1-9-3-2-4-13(5-9,8-17)15-10(18)7-16-11(19)6-14-12(16)20/h9,17H,2-8H2,1H3,(H,14,20)(H,15,18). The largest absolute Gasteiger partial charge is 0.394 e. The first-order valence-corrected chi connectivity index (χ1v) is 6.96. The lowest BCUT2D eigenvalue weighted by molar-refractivity contribution is -0.132. The predicted octanol–water partition coefficient (Wildman–Crippen LogP) is -0.404. The fourth-order valence-corrected chi connectivity index (χ4v) is 3.05. The third kappa shape index (κ3) is 3.09. The van der Waals surface area contributed by atoms with Gasteiger partial charge in [-0.2, -0.15) is 0 Å². The molecule has 112 valence electrons. The average Bonchev–Trinajstić information content (AvgIpc) is 2.70. The van der Waals surface area contributed by atoms with Crippen LogP contribution in [0.1, 0.15) is 32.6 Å². The Kier molecular flexibility index (Phi) is 4.27. The number of urea groups is 1. The summed E-state index contributed by atoms with van der Waals surface area (Å²) in [6.07, 6.45) is 3.48. The summed E-state index contributed by atoms with van der Waals surface area (Å²) in [6, 6.07) is -0.541. The molecule has 0 aromatic rings. The summed E-state index contributed by atoms with van der Waals surface area (Å²) >= 11 is 0. The van der Waals surface area contributed by atoms with Crippen molar-refractivity contribution in [3.63, 3.8) is 0 Å². The number of amides is 4. The monoisotopic (exact) mass is 283 g/mol. The summed E-state index contributed by atoms with van der Waals surface area (Å²) in [5.41, 5.74) is -0.617. The average molecular weight is 283 g/mol. The lowest BCUT2D eigenvalue weighted by Crippen LogP contribution is -2.56. The predicted molar refractivity (Wildman–Crippen MR) is 70.7 cm³/mol. The van der Waals surface area contributed by atoms with Crippen LogP contribution in [0.5, 0.6) is 0 Å². The van der Waals surface area contributed by atoms with Gasteiger partial charge in [-0.3, -0.25) is 14.5 Å². The number of nitrogens with zero attached hydrogens (tertiary/aromatic N) is 1. The first-order chi connectivity index (χ1) is 9.46. The van der Waals surface area contributed by atoms with Crippen molar-refractivity contribution >= 4 is 17.8 Å². The van der Waals surface area contributed by atoms with Gasteiger partial charge in [-0.25, -0.2) is 4.79 Å². The first-order valence-electron chi connectivity index (χ1n) is 6.96. The van der Waals surface area contributed by atoms with E-state index in [1.807, 2.05) is 0 Å². The highest BCUT2D eigenvalue weighted by Gasteiger charge is 2.37. The number of aliphatic hydroxyl groups is 1. The second-order valence-electron chi connectivity index (χ2n) is 5.83. The lowest BCUT2D eigenvalue weighted by Gasteiger charge is -2.39. The molecule has 7 heteroatoms. The lowest BCUT2D eigenvalue weighted by atomic mass is 9.77. The molecular formula is C13H21N3O4. The Morgan fingerprint density at radius 3 is 2.85 bits per heavy atom. The molecule has 2 atom stereocenters. The van der Waals surface area contributed by atoms with Crippen LogP contribution in [0.2, 0.25) is 0 Å². The molecule has 2 rings (SSSR count). The molecule has 2 fully saturated rings. The van der Waals surface area contributed by atoms with Crippen molar-refractivity contribution in [3.05, 3.63) is 0 Å². The number of carbonyl (C=O) groups is 3. The number of imide groups is 1. The van der Waals surface area contributed by atoms with Gasteiger partial charge in [0.2, 0.25) is 5.91 Å². The molecular weight excluding hydrogens is 262 g/mol. The zero-order chi connectivity index (χ0) is 14.8. The summed E-state index contributed by atoms with van der Waals surface area (Å²) in [5, 5.41) is 14.8. The Morgan fingerprint density at radius 2 is 2.30 bits per heavy atom. The van der Waals surface area contributed by atoms with Crippen LogP contribution in [0, 0.1) is 5.92 Å². The van der Waals surface area contributed by atoms with E-state index in [4.69, 9.17) is 0 Å². The topological polar surface area (TPSA) is 98.7 Å². The summed E-state index contributed by atoms with van der Waals surface area (Å²) < 4.78 is 0. The van der Waals surface area contributed by atoms with E-state index in [-0.39, 0.29) is 19.7 Å². The number of nitrogens with one attached hydrogen (secondary N) is 2. The molecule has 0 bridgehead atoms. The maximum absolute atomic E-state index is 12.0. The molecule has 0 aromatic carbocycles. The van der Waals surface area contributed by atoms with Gasteiger partial charge in [-0.15, -0.1) is 0 Å². The van der Waals surface area contributed by atoms with E-state index in [0.717, 1.165) is 30.6 Å². The highest BCUT2D eigenvalue weighted by atomic mass is 16.3. The molecule has 3 N–H and O–H groups in total. The number of hydrogen-bond acceptors (Lipinski definition) is 4. The van der Waals surface area contributed by atoms with Gasteiger partial charge in [0.05, 0.1) is 18.7 Å². The van der Waals surface area contributed by atoms with Crippen molar-refractivity contribution < 1.29 is 19.5 Å². The summed E-state index contributed by atoms with van der Waals surface area (Å²) in [4.78, 5) is 35.7. The van der Waals surface area contributed by atoms with E-state index < -0.39 is 23.4 Å². The minimum absolute atomic E-state index is 0.0612. The van der Waals surface area contributed by atoms with Crippen LogP contribution in [0.25, 0.3) is 0 Å². The third-order valence-electron chi connectivity index (χ3n) is 4.04. The second kappa shape index (κ2) is 5.78. The van der Waals surface area contributed by atoms with Gasteiger partial charge in [0, 0.05) is 0 Å². The van der Waals surface area contributed by atoms with Crippen LogP contribution in [-0.4, -0.2) is 53.1 Å². The van der Waals surface area contributed by atoms with Crippen LogP contribution in [0.15, 0.2) is 0 Å². The Balaban J connectivity index is 1.95. The van der Waals surface area contributed by atoms with E-state index in [0.29, 0.717) is 5.92 Å². The molecule has 1 heterocycles. The Morgan fingerprint density at radius 1 is 1.55 bits per heavy atom. The van der Waals surface area contributed by atoms with Crippen molar-refractivity contribution in [1.29, 1.82) is 0 Å². The van der Waals surface area contributed by atoms with E-state index in [9.17, 15) is 19.5 Å². The summed E-state index contributed by atoms with van der Waals surface area (Å²) in [7, 11) is 0. The number of aliphatic hydroxyl groups excluding tert-OH is 1.